The normalized spacial score (nSPS) is 18.1. The van der Waals surface area contributed by atoms with Crippen molar-refractivity contribution in [3.8, 4) is 11.5 Å². The molecule has 1 fully saturated rings. The van der Waals surface area contributed by atoms with Gasteiger partial charge >= 0.3 is 6.03 Å². The Morgan fingerprint density at radius 3 is 2.74 bits per heavy atom. The third-order valence-electron chi connectivity index (χ3n) is 3.66. The third kappa shape index (κ3) is 2.92. The lowest BCUT2D eigenvalue weighted by Crippen LogP contribution is -2.40. The predicted molar refractivity (Wildman–Crippen MR) is 80.1 cm³/mol. The van der Waals surface area contributed by atoms with Crippen LogP contribution in [-0.4, -0.2) is 41.6 Å². The fourth-order valence-corrected chi connectivity index (χ4v) is 2.43. The molecule has 2 N–H and O–H groups in total. The molecule has 0 aliphatic carbocycles. The van der Waals surface area contributed by atoms with Crippen molar-refractivity contribution in [1.82, 2.24) is 10.2 Å². The number of imide groups is 1. The number of carbonyl (C=O) groups excluding carboxylic acids is 3. The van der Waals surface area contributed by atoms with Gasteiger partial charge in [0, 0.05) is 24.7 Å². The van der Waals surface area contributed by atoms with E-state index in [0.717, 1.165) is 4.90 Å². The SMILES string of the molecule is CC1(C)NC(=O)N(CCC(=O)Nc2ccc3c(c2)OCO3)C1=O. The summed E-state index contributed by atoms with van der Waals surface area (Å²) in [5.74, 6) is 0.566. The van der Waals surface area contributed by atoms with Gasteiger partial charge in [-0.1, -0.05) is 0 Å². The first-order chi connectivity index (χ1) is 10.9. The van der Waals surface area contributed by atoms with Crippen molar-refractivity contribution in [1.29, 1.82) is 0 Å². The van der Waals surface area contributed by atoms with Gasteiger partial charge in [-0.25, -0.2) is 4.79 Å². The van der Waals surface area contributed by atoms with Crippen molar-refractivity contribution >= 4 is 23.5 Å². The van der Waals surface area contributed by atoms with E-state index in [4.69, 9.17) is 9.47 Å². The molecule has 1 aromatic rings. The van der Waals surface area contributed by atoms with Crippen LogP contribution in [0.4, 0.5) is 10.5 Å². The van der Waals surface area contributed by atoms with Gasteiger partial charge < -0.3 is 20.1 Å². The second-order valence-electron chi connectivity index (χ2n) is 5.88. The highest BCUT2D eigenvalue weighted by Crippen LogP contribution is 2.34. The Morgan fingerprint density at radius 2 is 2.04 bits per heavy atom. The summed E-state index contributed by atoms with van der Waals surface area (Å²) in [5.41, 5.74) is -0.359. The van der Waals surface area contributed by atoms with E-state index in [1.54, 1.807) is 32.0 Å². The van der Waals surface area contributed by atoms with Crippen molar-refractivity contribution in [3.63, 3.8) is 0 Å². The fourth-order valence-electron chi connectivity index (χ4n) is 2.43. The molecule has 23 heavy (non-hydrogen) atoms. The highest BCUT2D eigenvalue weighted by molar-refractivity contribution is 6.06. The van der Waals surface area contributed by atoms with Gasteiger partial charge in [-0.15, -0.1) is 0 Å². The minimum absolute atomic E-state index is 0.0175. The molecule has 2 heterocycles. The summed E-state index contributed by atoms with van der Waals surface area (Å²) in [6.07, 6.45) is 0.0175. The number of nitrogens with one attached hydrogen (secondary N) is 2. The summed E-state index contributed by atoms with van der Waals surface area (Å²) in [6, 6.07) is 4.59. The van der Waals surface area contributed by atoms with Crippen LogP contribution < -0.4 is 20.1 Å². The summed E-state index contributed by atoms with van der Waals surface area (Å²) in [6.45, 7) is 3.44. The summed E-state index contributed by atoms with van der Waals surface area (Å²) >= 11 is 0. The minimum atomic E-state index is -0.926. The molecule has 4 amide bonds. The molecule has 0 bridgehead atoms. The second kappa shape index (κ2) is 5.45. The molecule has 8 heteroatoms. The number of fused-ring (bicyclic) bond motifs is 1. The molecule has 0 atom stereocenters. The smallest absolute Gasteiger partial charge is 0.325 e. The van der Waals surface area contributed by atoms with Gasteiger partial charge in [0.1, 0.15) is 5.54 Å². The van der Waals surface area contributed by atoms with Crippen molar-refractivity contribution in [2.75, 3.05) is 18.7 Å². The Bertz CT molecular complexity index is 686. The van der Waals surface area contributed by atoms with Crippen LogP contribution >= 0.6 is 0 Å². The molecule has 1 aromatic carbocycles. The fraction of sp³-hybridized carbons (Fsp3) is 0.400. The maximum absolute atomic E-state index is 12.0. The number of carbonyl (C=O) groups is 3. The van der Waals surface area contributed by atoms with Crippen molar-refractivity contribution in [3.05, 3.63) is 18.2 Å². The number of nitrogens with zero attached hydrogens (tertiary/aromatic N) is 1. The Hall–Kier alpha value is -2.77. The van der Waals surface area contributed by atoms with E-state index in [0.29, 0.717) is 17.2 Å². The van der Waals surface area contributed by atoms with Gasteiger partial charge in [0.2, 0.25) is 12.7 Å². The van der Waals surface area contributed by atoms with Crippen LogP contribution in [0.25, 0.3) is 0 Å². The van der Waals surface area contributed by atoms with Crippen LogP contribution in [0.3, 0.4) is 0 Å². The molecular formula is C15H17N3O5. The number of anilines is 1. The highest BCUT2D eigenvalue weighted by Gasteiger charge is 2.43. The van der Waals surface area contributed by atoms with Crippen LogP contribution in [0, 0.1) is 0 Å². The van der Waals surface area contributed by atoms with Gasteiger partial charge in [-0.2, -0.15) is 0 Å². The lowest BCUT2D eigenvalue weighted by atomic mass is 10.1. The van der Waals surface area contributed by atoms with Gasteiger partial charge in [-0.05, 0) is 26.0 Å². The maximum Gasteiger partial charge on any atom is 0.325 e. The highest BCUT2D eigenvalue weighted by atomic mass is 16.7. The van der Waals surface area contributed by atoms with E-state index in [1.165, 1.54) is 0 Å². The first kappa shape index (κ1) is 15.1. The summed E-state index contributed by atoms with van der Waals surface area (Å²) in [5, 5.41) is 5.27. The topological polar surface area (TPSA) is 97.0 Å². The van der Waals surface area contributed by atoms with E-state index < -0.39 is 11.6 Å². The molecule has 0 radical (unpaired) electrons. The molecule has 2 aliphatic rings. The van der Waals surface area contributed by atoms with Crippen LogP contribution in [0.15, 0.2) is 18.2 Å². The predicted octanol–water partition coefficient (Wildman–Crippen LogP) is 1.07. The summed E-state index contributed by atoms with van der Waals surface area (Å²) in [4.78, 5) is 36.8. The monoisotopic (exact) mass is 319 g/mol. The molecule has 1 saturated heterocycles. The maximum atomic E-state index is 12.0. The molecule has 2 aliphatic heterocycles. The van der Waals surface area contributed by atoms with E-state index >= 15 is 0 Å². The van der Waals surface area contributed by atoms with Crippen molar-refractivity contribution in [2.45, 2.75) is 25.8 Å². The summed E-state index contributed by atoms with van der Waals surface area (Å²) < 4.78 is 10.4. The number of hydrogen-bond acceptors (Lipinski definition) is 5. The number of ether oxygens (including phenoxy) is 2. The standard InChI is InChI=1S/C15H17N3O5/c1-15(2)13(20)18(14(21)17-15)6-5-12(19)16-9-3-4-10-11(7-9)23-8-22-10/h3-4,7H,5-6,8H2,1-2H3,(H,16,19)(H,17,21). The zero-order valence-corrected chi connectivity index (χ0v) is 12.8. The second-order valence-corrected chi connectivity index (χ2v) is 5.88. The van der Waals surface area contributed by atoms with E-state index in [9.17, 15) is 14.4 Å². The van der Waals surface area contributed by atoms with Crippen LogP contribution in [0.1, 0.15) is 20.3 Å². The third-order valence-corrected chi connectivity index (χ3v) is 3.66. The van der Waals surface area contributed by atoms with Crippen LogP contribution in [0.5, 0.6) is 11.5 Å². The van der Waals surface area contributed by atoms with Crippen molar-refractivity contribution in [2.24, 2.45) is 0 Å². The molecule has 122 valence electrons. The van der Waals surface area contributed by atoms with Gasteiger partial charge in [-0.3, -0.25) is 14.5 Å². The first-order valence-corrected chi connectivity index (χ1v) is 7.20. The molecule has 3 rings (SSSR count). The Labute approximate surface area is 132 Å². The van der Waals surface area contributed by atoms with E-state index in [-0.39, 0.29) is 31.6 Å². The van der Waals surface area contributed by atoms with E-state index in [1.807, 2.05) is 0 Å². The molecule has 0 saturated carbocycles. The Balaban J connectivity index is 1.56. The average molecular weight is 319 g/mol. The Morgan fingerprint density at radius 1 is 1.30 bits per heavy atom. The Kier molecular flexibility index (Phi) is 3.59. The largest absolute Gasteiger partial charge is 0.454 e. The quantitative estimate of drug-likeness (QED) is 0.809. The zero-order chi connectivity index (χ0) is 16.6. The minimum Gasteiger partial charge on any atom is -0.454 e. The van der Waals surface area contributed by atoms with Crippen LogP contribution in [0.2, 0.25) is 0 Å². The summed E-state index contributed by atoms with van der Waals surface area (Å²) in [7, 11) is 0. The molecule has 8 nitrogen and oxygen atoms in total. The number of rotatable bonds is 4. The van der Waals surface area contributed by atoms with Crippen molar-refractivity contribution < 1.29 is 23.9 Å². The van der Waals surface area contributed by atoms with Gasteiger partial charge in [0.15, 0.2) is 11.5 Å². The van der Waals surface area contributed by atoms with Gasteiger partial charge in [0.05, 0.1) is 0 Å². The molecule has 0 spiro atoms. The number of amides is 4. The van der Waals surface area contributed by atoms with E-state index in [2.05, 4.69) is 10.6 Å². The number of benzene rings is 1. The molecule has 0 aromatic heterocycles. The molecule has 0 unspecified atom stereocenters. The number of urea groups is 1. The van der Waals surface area contributed by atoms with Gasteiger partial charge in [0.25, 0.3) is 5.91 Å². The lowest BCUT2D eigenvalue weighted by molar-refractivity contribution is -0.130. The van der Waals surface area contributed by atoms with Crippen LogP contribution in [-0.2, 0) is 9.59 Å². The molecular weight excluding hydrogens is 302 g/mol. The first-order valence-electron chi connectivity index (χ1n) is 7.20. The lowest BCUT2D eigenvalue weighted by Gasteiger charge is -2.15. The zero-order valence-electron chi connectivity index (χ0n) is 12.8. The number of hydrogen-bond donors (Lipinski definition) is 2. The average Bonchev–Trinajstić information content (AvgIpc) is 3.00.